The monoisotopic (exact) mass is 262 g/mol. The number of hydrogen-bond acceptors (Lipinski definition) is 4. The Morgan fingerprint density at radius 1 is 1.56 bits per heavy atom. The highest BCUT2D eigenvalue weighted by molar-refractivity contribution is 7.17. The van der Waals surface area contributed by atoms with Crippen molar-refractivity contribution in [3.63, 3.8) is 0 Å². The molecule has 1 unspecified atom stereocenters. The lowest BCUT2D eigenvalue weighted by Gasteiger charge is -2.07. The summed E-state index contributed by atoms with van der Waals surface area (Å²) in [5.41, 5.74) is 0. The van der Waals surface area contributed by atoms with Crippen molar-refractivity contribution in [2.24, 2.45) is 0 Å². The van der Waals surface area contributed by atoms with E-state index in [1.807, 2.05) is 0 Å². The van der Waals surface area contributed by atoms with Crippen molar-refractivity contribution >= 4 is 28.8 Å². The van der Waals surface area contributed by atoms with Crippen LogP contribution in [0, 0.1) is 0 Å². The Bertz CT molecular complexity index is 341. The van der Waals surface area contributed by atoms with Crippen LogP contribution in [0.2, 0.25) is 4.34 Å². The quantitative estimate of drug-likeness (QED) is 0.673. The normalized spacial score (nSPS) is 12.4. The van der Waals surface area contributed by atoms with E-state index in [4.69, 9.17) is 16.7 Å². The van der Waals surface area contributed by atoms with E-state index in [0.29, 0.717) is 28.8 Å². The van der Waals surface area contributed by atoms with E-state index in [9.17, 15) is 4.79 Å². The second-order valence-corrected chi connectivity index (χ2v) is 5.13. The number of hydrogen-bond donors (Lipinski definition) is 3. The Morgan fingerprint density at radius 3 is 2.88 bits per heavy atom. The summed E-state index contributed by atoms with van der Waals surface area (Å²) in [5.74, 6) is -0.115. The van der Waals surface area contributed by atoms with Gasteiger partial charge in [0.25, 0.3) is 5.91 Å². The van der Waals surface area contributed by atoms with Gasteiger partial charge in [0.15, 0.2) is 0 Å². The Morgan fingerprint density at radius 2 is 2.31 bits per heavy atom. The summed E-state index contributed by atoms with van der Waals surface area (Å²) in [6.45, 7) is 3.40. The minimum atomic E-state index is -0.369. The van der Waals surface area contributed by atoms with Crippen molar-refractivity contribution in [3.8, 4) is 0 Å². The van der Waals surface area contributed by atoms with Gasteiger partial charge in [-0.15, -0.1) is 11.3 Å². The maximum absolute atomic E-state index is 11.5. The zero-order valence-electron chi connectivity index (χ0n) is 9.00. The lowest BCUT2D eigenvalue weighted by Crippen LogP contribution is -2.34. The number of amides is 1. The number of nitrogens with one attached hydrogen (secondary N) is 2. The topological polar surface area (TPSA) is 61.4 Å². The van der Waals surface area contributed by atoms with Crippen molar-refractivity contribution in [1.29, 1.82) is 0 Å². The molecule has 1 amide bonds. The number of rotatable bonds is 6. The molecule has 1 rings (SSSR count). The first kappa shape index (κ1) is 13.4. The molecule has 1 heterocycles. The first-order valence-corrected chi connectivity index (χ1v) is 6.21. The fraction of sp³-hybridized carbons (Fsp3) is 0.500. The Labute approximate surface area is 104 Å². The highest BCUT2D eigenvalue weighted by atomic mass is 35.5. The van der Waals surface area contributed by atoms with E-state index >= 15 is 0 Å². The molecule has 90 valence electrons. The van der Waals surface area contributed by atoms with Crippen LogP contribution in [0.1, 0.15) is 16.6 Å². The third-order valence-electron chi connectivity index (χ3n) is 1.82. The first-order chi connectivity index (χ1) is 7.59. The molecule has 1 aromatic rings. The van der Waals surface area contributed by atoms with Gasteiger partial charge < -0.3 is 15.7 Å². The van der Waals surface area contributed by atoms with Crippen LogP contribution in [0.25, 0.3) is 0 Å². The molecule has 0 aliphatic heterocycles. The van der Waals surface area contributed by atoms with Crippen LogP contribution in [-0.2, 0) is 0 Å². The van der Waals surface area contributed by atoms with Gasteiger partial charge in [-0.3, -0.25) is 4.79 Å². The van der Waals surface area contributed by atoms with Crippen LogP contribution in [0.15, 0.2) is 12.1 Å². The van der Waals surface area contributed by atoms with Crippen LogP contribution < -0.4 is 10.6 Å². The van der Waals surface area contributed by atoms with Crippen molar-refractivity contribution in [2.45, 2.75) is 13.0 Å². The summed E-state index contributed by atoms with van der Waals surface area (Å²) in [4.78, 5) is 12.1. The molecule has 0 aliphatic carbocycles. The van der Waals surface area contributed by atoms with Gasteiger partial charge in [-0.25, -0.2) is 0 Å². The Kier molecular flexibility index (Phi) is 5.76. The van der Waals surface area contributed by atoms with Crippen LogP contribution in [0.3, 0.4) is 0 Å². The summed E-state index contributed by atoms with van der Waals surface area (Å²) in [6, 6.07) is 3.40. The van der Waals surface area contributed by atoms with Gasteiger partial charge in [0.1, 0.15) is 0 Å². The highest BCUT2D eigenvalue weighted by Gasteiger charge is 2.07. The molecule has 0 spiro atoms. The number of thiophene rings is 1. The summed E-state index contributed by atoms with van der Waals surface area (Å²) in [7, 11) is 0. The van der Waals surface area contributed by atoms with Gasteiger partial charge in [0.2, 0.25) is 0 Å². The molecule has 0 bridgehead atoms. The van der Waals surface area contributed by atoms with E-state index < -0.39 is 0 Å². The second-order valence-electron chi connectivity index (χ2n) is 3.41. The van der Waals surface area contributed by atoms with E-state index in [2.05, 4.69) is 10.6 Å². The predicted octanol–water partition coefficient (Wildman–Crippen LogP) is 1.10. The molecule has 0 aliphatic rings. The predicted molar refractivity (Wildman–Crippen MR) is 66.2 cm³/mol. The molecule has 3 N–H and O–H groups in total. The number of aliphatic hydroxyl groups is 1. The molecule has 0 radical (unpaired) electrons. The summed E-state index contributed by atoms with van der Waals surface area (Å²) in [6.07, 6.45) is -0.369. The van der Waals surface area contributed by atoms with Crippen LogP contribution in [-0.4, -0.2) is 36.8 Å². The fourth-order valence-electron chi connectivity index (χ4n) is 1.10. The Hall–Kier alpha value is -0.620. The number of halogens is 1. The SMILES string of the molecule is CC(O)CNCCNC(=O)c1ccc(Cl)s1. The zero-order valence-corrected chi connectivity index (χ0v) is 10.6. The molecule has 1 aromatic heterocycles. The molecule has 6 heteroatoms. The molecule has 4 nitrogen and oxygen atoms in total. The molecule has 16 heavy (non-hydrogen) atoms. The zero-order chi connectivity index (χ0) is 12.0. The van der Waals surface area contributed by atoms with Crippen LogP contribution >= 0.6 is 22.9 Å². The molecular weight excluding hydrogens is 248 g/mol. The van der Waals surface area contributed by atoms with Crippen molar-refractivity contribution in [3.05, 3.63) is 21.3 Å². The lowest BCUT2D eigenvalue weighted by atomic mass is 10.4. The fourth-order valence-corrected chi connectivity index (χ4v) is 2.06. The summed E-state index contributed by atoms with van der Waals surface area (Å²) in [5, 5.41) is 14.7. The maximum atomic E-state index is 11.5. The van der Waals surface area contributed by atoms with Crippen molar-refractivity contribution in [2.75, 3.05) is 19.6 Å². The standard InChI is InChI=1S/C10H15ClN2O2S/c1-7(14)6-12-4-5-13-10(15)8-2-3-9(11)16-8/h2-3,7,12,14H,4-6H2,1H3,(H,13,15). The first-order valence-electron chi connectivity index (χ1n) is 5.02. The number of carbonyl (C=O) groups excluding carboxylic acids is 1. The smallest absolute Gasteiger partial charge is 0.261 e. The molecule has 0 fully saturated rings. The average molecular weight is 263 g/mol. The molecule has 0 saturated carbocycles. The van der Waals surface area contributed by atoms with E-state index in [1.54, 1.807) is 19.1 Å². The highest BCUT2D eigenvalue weighted by Crippen LogP contribution is 2.20. The lowest BCUT2D eigenvalue weighted by molar-refractivity contribution is 0.0957. The molecular formula is C10H15ClN2O2S. The minimum absolute atomic E-state index is 0.115. The number of carbonyl (C=O) groups is 1. The maximum Gasteiger partial charge on any atom is 0.261 e. The van der Waals surface area contributed by atoms with Gasteiger partial charge in [0, 0.05) is 19.6 Å². The average Bonchev–Trinajstić information content (AvgIpc) is 2.63. The van der Waals surface area contributed by atoms with Gasteiger partial charge in [-0.2, -0.15) is 0 Å². The van der Waals surface area contributed by atoms with E-state index in [-0.39, 0.29) is 12.0 Å². The van der Waals surface area contributed by atoms with E-state index in [0.717, 1.165) is 0 Å². The molecule has 0 aromatic carbocycles. The molecule has 0 saturated heterocycles. The minimum Gasteiger partial charge on any atom is -0.392 e. The largest absolute Gasteiger partial charge is 0.392 e. The van der Waals surface area contributed by atoms with Gasteiger partial charge in [-0.1, -0.05) is 11.6 Å². The van der Waals surface area contributed by atoms with Crippen molar-refractivity contribution < 1.29 is 9.90 Å². The van der Waals surface area contributed by atoms with Crippen LogP contribution in [0.5, 0.6) is 0 Å². The van der Waals surface area contributed by atoms with Gasteiger partial charge >= 0.3 is 0 Å². The second kappa shape index (κ2) is 6.85. The Balaban J connectivity index is 2.16. The molecule has 1 atom stereocenters. The van der Waals surface area contributed by atoms with Gasteiger partial charge in [0.05, 0.1) is 15.3 Å². The van der Waals surface area contributed by atoms with Crippen LogP contribution in [0.4, 0.5) is 0 Å². The number of aliphatic hydroxyl groups excluding tert-OH is 1. The summed E-state index contributed by atoms with van der Waals surface area (Å²) < 4.78 is 0.609. The third kappa shape index (κ3) is 4.94. The van der Waals surface area contributed by atoms with Gasteiger partial charge in [-0.05, 0) is 19.1 Å². The summed E-state index contributed by atoms with van der Waals surface area (Å²) >= 11 is 6.98. The van der Waals surface area contributed by atoms with E-state index in [1.165, 1.54) is 11.3 Å². The third-order valence-corrected chi connectivity index (χ3v) is 3.05. The van der Waals surface area contributed by atoms with Crippen molar-refractivity contribution in [1.82, 2.24) is 10.6 Å².